The molecule has 30 heavy (non-hydrogen) atoms. The molecule has 1 saturated carbocycles. The Hall–Kier alpha value is -1.11. The van der Waals surface area contributed by atoms with Gasteiger partial charge in [-0.2, -0.15) is 0 Å². The first-order valence-corrected chi connectivity index (χ1v) is 11.8. The maximum Gasteiger partial charge on any atom is 0.125 e. The molecule has 2 heterocycles. The van der Waals surface area contributed by atoms with E-state index in [4.69, 9.17) is 21.3 Å². The average Bonchev–Trinajstić information content (AvgIpc) is 3.32. The summed E-state index contributed by atoms with van der Waals surface area (Å²) in [7, 11) is 3.84. The first-order valence-electron chi connectivity index (χ1n) is 10.6. The lowest BCUT2D eigenvalue weighted by Crippen LogP contribution is -2.22. The van der Waals surface area contributed by atoms with Crippen LogP contribution in [0.15, 0.2) is 29.8 Å². The van der Waals surface area contributed by atoms with E-state index in [1.165, 1.54) is 43.1 Å². The summed E-state index contributed by atoms with van der Waals surface area (Å²) in [5.41, 5.74) is 3.47. The second-order valence-corrected chi connectivity index (χ2v) is 9.48. The molecule has 0 amide bonds. The van der Waals surface area contributed by atoms with Gasteiger partial charge in [-0.3, -0.25) is 4.90 Å². The Labute approximate surface area is 194 Å². The summed E-state index contributed by atoms with van der Waals surface area (Å²) < 4.78 is 7.56. The largest absolute Gasteiger partial charge is 0.383 e. The Balaban J connectivity index is 0.00000256. The number of fused-ring (bicyclic) bond motifs is 1. The first kappa shape index (κ1) is 23.6. The number of para-hydroxylation sites is 1. The zero-order valence-electron chi connectivity index (χ0n) is 17.8. The lowest BCUT2D eigenvalue weighted by Gasteiger charge is -2.22. The third-order valence-electron chi connectivity index (χ3n) is 5.92. The predicted octanol–water partition coefficient (Wildman–Crippen LogP) is 6.50. The maximum atomic E-state index is 6.65. The van der Waals surface area contributed by atoms with Crippen LogP contribution in [0, 0.1) is 5.92 Å². The maximum absolute atomic E-state index is 6.65. The van der Waals surface area contributed by atoms with E-state index >= 15 is 0 Å². The highest BCUT2D eigenvalue weighted by Crippen LogP contribution is 2.37. The number of thiazole rings is 1. The number of benzene rings is 1. The summed E-state index contributed by atoms with van der Waals surface area (Å²) in [4.78, 5) is 7.19. The van der Waals surface area contributed by atoms with Gasteiger partial charge in [0.2, 0.25) is 0 Å². The smallest absolute Gasteiger partial charge is 0.125 e. The van der Waals surface area contributed by atoms with Crippen molar-refractivity contribution in [3.8, 4) is 10.6 Å². The molecule has 0 unspecified atom stereocenters. The minimum atomic E-state index is 0. The molecule has 0 saturated heterocycles. The zero-order valence-corrected chi connectivity index (χ0v) is 20.2. The molecule has 0 atom stereocenters. The third kappa shape index (κ3) is 5.38. The molecule has 0 N–H and O–H groups in total. The minimum Gasteiger partial charge on any atom is -0.383 e. The fourth-order valence-electron chi connectivity index (χ4n) is 4.38. The molecule has 1 aromatic carbocycles. The van der Waals surface area contributed by atoms with Crippen molar-refractivity contribution >= 4 is 46.2 Å². The first-order chi connectivity index (χ1) is 14.2. The number of ether oxygens (including phenoxy) is 1. The summed E-state index contributed by atoms with van der Waals surface area (Å²) in [6.07, 6.45) is 9.04. The van der Waals surface area contributed by atoms with Crippen LogP contribution < -0.4 is 0 Å². The van der Waals surface area contributed by atoms with Gasteiger partial charge in [-0.05, 0) is 31.9 Å². The van der Waals surface area contributed by atoms with E-state index in [0.717, 1.165) is 53.4 Å². The van der Waals surface area contributed by atoms with Crippen molar-refractivity contribution in [1.82, 2.24) is 14.5 Å². The zero-order chi connectivity index (χ0) is 20.2. The van der Waals surface area contributed by atoms with Crippen LogP contribution >= 0.6 is 35.3 Å². The number of hydrogen-bond acceptors (Lipinski definition) is 4. The Morgan fingerprint density at radius 2 is 2.07 bits per heavy atom. The van der Waals surface area contributed by atoms with Crippen molar-refractivity contribution in [3.05, 3.63) is 40.5 Å². The van der Waals surface area contributed by atoms with Crippen molar-refractivity contribution in [1.29, 1.82) is 0 Å². The van der Waals surface area contributed by atoms with Crippen molar-refractivity contribution < 1.29 is 4.74 Å². The molecule has 4 rings (SSSR count). The molecule has 2 aromatic heterocycles. The molecule has 0 bridgehead atoms. The highest BCUT2D eigenvalue weighted by Gasteiger charge is 2.19. The lowest BCUT2D eigenvalue weighted by molar-refractivity contribution is 0.158. The number of halogens is 2. The van der Waals surface area contributed by atoms with Gasteiger partial charge in [0, 0.05) is 49.3 Å². The fourth-order valence-corrected chi connectivity index (χ4v) is 5.50. The van der Waals surface area contributed by atoms with Gasteiger partial charge in [-0.15, -0.1) is 23.7 Å². The van der Waals surface area contributed by atoms with Gasteiger partial charge in [0.15, 0.2) is 0 Å². The molecule has 1 aliphatic rings. The summed E-state index contributed by atoms with van der Waals surface area (Å²) in [5.74, 6) is 0.754. The van der Waals surface area contributed by atoms with Gasteiger partial charge < -0.3 is 9.30 Å². The molecular formula is C23H31Cl2N3OS. The molecule has 1 fully saturated rings. The average molecular weight is 468 g/mol. The minimum absolute atomic E-state index is 0. The van der Waals surface area contributed by atoms with E-state index in [0.29, 0.717) is 0 Å². The lowest BCUT2D eigenvalue weighted by atomic mass is 9.89. The second kappa shape index (κ2) is 11.0. The molecular weight excluding hydrogens is 437 g/mol. The van der Waals surface area contributed by atoms with Crippen molar-refractivity contribution in [2.75, 3.05) is 27.3 Å². The monoisotopic (exact) mass is 467 g/mol. The van der Waals surface area contributed by atoms with Gasteiger partial charge in [0.05, 0.1) is 22.8 Å². The van der Waals surface area contributed by atoms with Crippen LogP contribution in [-0.4, -0.2) is 41.8 Å². The van der Waals surface area contributed by atoms with Crippen molar-refractivity contribution in [2.45, 2.75) is 45.2 Å². The highest BCUT2D eigenvalue weighted by atomic mass is 35.5. The topological polar surface area (TPSA) is 30.3 Å². The molecule has 0 aliphatic heterocycles. The number of rotatable bonds is 8. The number of methoxy groups -OCH3 is 1. The standard InChI is InChI=1S/C23H30ClN3OS.ClH/c1-26(11-12-28-2)14-18-16-29-23(25-18)20-15-27(13-17-7-4-3-5-8-17)22-19(20)9-6-10-21(22)24;/h6,9-10,15-17H,3-5,7-8,11-14H2,1-2H3;1H. The highest BCUT2D eigenvalue weighted by molar-refractivity contribution is 7.13. The molecule has 1 aliphatic carbocycles. The van der Waals surface area contributed by atoms with E-state index in [1.54, 1.807) is 18.4 Å². The van der Waals surface area contributed by atoms with E-state index in [2.05, 4.69) is 34.2 Å². The van der Waals surface area contributed by atoms with Gasteiger partial charge in [-0.1, -0.05) is 43.0 Å². The third-order valence-corrected chi connectivity index (χ3v) is 7.15. The fraction of sp³-hybridized carbons (Fsp3) is 0.522. The summed E-state index contributed by atoms with van der Waals surface area (Å²) in [5, 5.41) is 5.30. The Bertz CT molecular complexity index is 949. The van der Waals surface area contributed by atoms with Crippen LogP contribution in [0.2, 0.25) is 5.02 Å². The van der Waals surface area contributed by atoms with E-state index in [-0.39, 0.29) is 12.4 Å². The Morgan fingerprint density at radius 1 is 1.27 bits per heavy atom. The molecule has 7 heteroatoms. The second-order valence-electron chi connectivity index (χ2n) is 8.21. The van der Waals surface area contributed by atoms with Gasteiger partial charge in [-0.25, -0.2) is 4.98 Å². The van der Waals surface area contributed by atoms with Crippen molar-refractivity contribution in [2.24, 2.45) is 5.92 Å². The van der Waals surface area contributed by atoms with Crippen LogP contribution in [0.5, 0.6) is 0 Å². The van der Waals surface area contributed by atoms with E-state index in [9.17, 15) is 0 Å². The normalized spacial score (nSPS) is 15.1. The van der Waals surface area contributed by atoms with E-state index in [1.807, 2.05) is 12.1 Å². The summed E-state index contributed by atoms with van der Waals surface area (Å²) in [6, 6.07) is 6.23. The Morgan fingerprint density at radius 3 is 2.83 bits per heavy atom. The number of nitrogens with zero attached hydrogens (tertiary/aromatic N) is 3. The SMILES string of the molecule is COCCN(C)Cc1csc(-c2cn(CC3CCCCC3)c3c(Cl)cccc23)n1.Cl. The summed E-state index contributed by atoms with van der Waals surface area (Å²) in [6.45, 7) is 3.53. The predicted molar refractivity (Wildman–Crippen MR) is 130 cm³/mol. The molecule has 4 nitrogen and oxygen atoms in total. The number of likely N-dealkylation sites (N-methyl/N-ethyl adjacent to an activating group) is 1. The van der Waals surface area contributed by atoms with Gasteiger partial charge in [0.25, 0.3) is 0 Å². The molecule has 3 aromatic rings. The quantitative estimate of drug-likeness (QED) is 0.378. The number of aromatic nitrogens is 2. The van der Waals surface area contributed by atoms with Crippen LogP contribution in [-0.2, 0) is 17.8 Å². The summed E-state index contributed by atoms with van der Waals surface area (Å²) >= 11 is 8.37. The molecule has 164 valence electrons. The van der Waals surface area contributed by atoms with Crippen LogP contribution in [0.25, 0.3) is 21.5 Å². The van der Waals surface area contributed by atoms with Crippen LogP contribution in [0.4, 0.5) is 0 Å². The van der Waals surface area contributed by atoms with E-state index < -0.39 is 0 Å². The molecule has 0 radical (unpaired) electrons. The van der Waals surface area contributed by atoms with Gasteiger partial charge in [0.1, 0.15) is 5.01 Å². The van der Waals surface area contributed by atoms with Crippen LogP contribution in [0.1, 0.15) is 37.8 Å². The number of hydrogen-bond donors (Lipinski definition) is 0. The molecule has 0 spiro atoms. The Kier molecular flexibility index (Phi) is 8.61. The van der Waals surface area contributed by atoms with Crippen molar-refractivity contribution in [3.63, 3.8) is 0 Å². The van der Waals surface area contributed by atoms with Gasteiger partial charge >= 0.3 is 0 Å². The van der Waals surface area contributed by atoms with Crippen LogP contribution in [0.3, 0.4) is 0 Å².